The first kappa shape index (κ1) is 16.0. The predicted octanol–water partition coefficient (Wildman–Crippen LogP) is 5.04. The van der Waals surface area contributed by atoms with Gasteiger partial charge in [0.2, 0.25) is 5.91 Å². The van der Waals surface area contributed by atoms with E-state index in [2.05, 4.69) is 22.4 Å². The summed E-state index contributed by atoms with van der Waals surface area (Å²) in [6.07, 6.45) is 8.86. The minimum atomic E-state index is 0.0969. The van der Waals surface area contributed by atoms with E-state index in [9.17, 15) is 4.79 Å². The van der Waals surface area contributed by atoms with Gasteiger partial charge in [-0.2, -0.15) is 0 Å². The lowest BCUT2D eigenvalue weighted by Gasteiger charge is -2.28. The molecule has 0 atom stereocenters. The Balaban J connectivity index is 1.47. The van der Waals surface area contributed by atoms with Gasteiger partial charge in [0.05, 0.1) is 0 Å². The highest BCUT2D eigenvalue weighted by Crippen LogP contribution is 2.36. The number of amides is 1. The summed E-state index contributed by atoms with van der Waals surface area (Å²) >= 11 is 5.85. The van der Waals surface area contributed by atoms with E-state index in [-0.39, 0.29) is 5.91 Å². The van der Waals surface area contributed by atoms with Gasteiger partial charge in [-0.3, -0.25) is 9.78 Å². The molecule has 23 heavy (non-hydrogen) atoms. The van der Waals surface area contributed by atoms with Crippen molar-refractivity contribution >= 4 is 23.2 Å². The topological polar surface area (TPSA) is 42.0 Å². The highest BCUT2D eigenvalue weighted by Gasteiger charge is 2.24. The van der Waals surface area contributed by atoms with Crippen LogP contribution in [0.2, 0.25) is 5.02 Å². The fourth-order valence-electron chi connectivity index (χ4n) is 3.34. The number of pyridine rings is 1. The molecule has 0 saturated heterocycles. The molecule has 1 aromatic heterocycles. The third-order valence-corrected chi connectivity index (χ3v) is 4.88. The first-order valence-electron chi connectivity index (χ1n) is 8.16. The first-order valence-corrected chi connectivity index (χ1v) is 8.54. The van der Waals surface area contributed by atoms with Crippen molar-refractivity contribution in [3.63, 3.8) is 0 Å². The molecule has 1 heterocycles. The minimum absolute atomic E-state index is 0.0969. The second kappa shape index (κ2) is 7.60. The quantitative estimate of drug-likeness (QED) is 0.854. The Kier molecular flexibility index (Phi) is 5.29. The lowest BCUT2D eigenvalue weighted by molar-refractivity contribution is -0.117. The Labute approximate surface area is 142 Å². The third-order valence-electron chi connectivity index (χ3n) is 4.63. The monoisotopic (exact) mass is 328 g/mol. The molecular formula is C19H21ClN2O. The van der Waals surface area contributed by atoms with Crippen molar-refractivity contribution in [3.05, 3.63) is 59.4 Å². The van der Waals surface area contributed by atoms with Crippen molar-refractivity contribution in [2.45, 2.75) is 38.0 Å². The molecule has 120 valence electrons. The number of benzene rings is 1. The summed E-state index contributed by atoms with van der Waals surface area (Å²) in [6, 6.07) is 11.5. The number of nitrogens with zero attached hydrogens (tertiary/aromatic N) is 1. The van der Waals surface area contributed by atoms with Crippen LogP contribution in [-0.4, -0.2) is 10.9 Å². The molecule has 2 aromatic rings. The van der Waals surface area contributed by atoms with Gasteiger partial charge in [0.1, 0.15) is 0 Å². The zero-order chi connectivity index (χ0) is 16.1. The van der Waals surface area contributed by atoms with Crippen LogP contribution in [0.15, 0.2) is 48.8 Å². The van der Waals surface area contributed by atoms with E-state index in [1.807, 2.05) is 24.5 Å². The summed E-state index contributed by atoms with van der Waals surface area (Å²) in [5, 5.41) is 3.63. The Bertz CT molecular complexity index is 634. The van der Waals surface area contributed by atoms with Crippen LogP contribution in [0.3, 0.4) is 0 Å². The number of carbonyl (C=O) groups excluding carboxylic acids is 1. The molecule has 3 nitrogen and oxygen atoms in total. The Morgan fingerprint density at radius 2 is 1.70 bits per heavy atom. The average Bonchev–Trinajstić information content (AvgIpc) is 2.58. The number of aromatic nitrogens is 1. The van der Waals surface area contributed by atoms with Gasteiger partial charge in [-0.25, -0.2) is 0 Å². The van der Waals surface area contributed by atoms with Crippen molar-refractivity contribution in [3.8, 4) is 0 Å². The van der Waals surface area contributed by atoms with Crippen LogP contribution in [0, 0.1) is 5.92 Å². The lowest BCUT2D eigenvalue weighted by atomic mass is 9.78. The van der Waals surface area contributed by atoms with Crippen molar-refractivity contribution in [2.75, 3.05) is 5.32 Å². The number of hydrogen-bond acceptors (Lipinski definition) is 2. The number of anilines is 1. The predicted molar refractivity (Wildman–Crippen MR) is 93.6 cm³/mol. The zero-order valence-corrected chi connectivity index (χ0v) is 13.8. The van der Waals surface area contributed by atoms with Crippen LogP contribution in [0.1, 0.15) is 43.6 Å². The molecule has 1 aliphatic rings. The SMILES string of the molecule is O=C(C[C@H]1CC[C@@H](c2ccncc2)CC1)Nc1ccc(Cl)cc1. The molecule has 0 radical (unpaired) electrons. The van der Waals surface area contributed by atoms with Gasteiger partial charge < -0.3 is 5.32 Å². The molecule has 1 aliphatic carbocycles. The fourth-order valence-corrected chi connectivity index (χ4v) is 3.47. The summed E-state index contributed by atoms with van der Waals surface area (Å²) in [5.41, 5.74) is 2.19. The zero-order valence-electron chi connectivity index (χ0n) is 13.0. The summed E-state index contributed by atoms with van der Waals surface area (Å²) in [7, 11) is 0. The third kappa shape index (κ3) is 4.55. The van der Waals surface area contributed by atoms with Crippen LogP contribution in [0.4, 0.5) is 5.69 Å². The van der Waals surface area contributed by atoms with Crippen LogP contribution in [0.5, 0.6) is 0 Å². The van der Waals surface area contributed by atoms with Gasteiger partial charge in [0, 0.05) is 29.5 Å². The van der Waals surface area contributed by atoms with Gasteiger partial charge in [-0.1, -0.05) is 11.6 Å². The van der Waals surface area contributed by atoms with Crippen LogP contribution < -0.4 is 5.32 Å². The van der Waals surface area contributed by atoms with Gasteiger partial charge >= 0.3 is 0 Å². The second-order valence-electron chi connectivity index (χ2n) is 6.26. The average molecular weight is 329 g/mol. The van der Waals surface area contributed by atoms with E-state index < -0.39 is 0 Å². The second-order valence-corrected chi connectivity index (χ2v) is 6.69. The maximum atomic E-state index is 12.2. The molecule has 4 heteroatoms. The van der Waals surface area contributed by atoms with E-state index in [4.69, 9.17) is 11.6 Å². The smallest absolute Gasteiger partial charge is 0.224 e. The van der Waals surface area contributed by atoms with E-state index >= 15 is 0 Å². The molecule has 1 aromatic carbocycles. The number of halogens is 1. The summed E-state index contributed by atoms with van der Waals surface area (Å²) < 4.78 is 0. The van der Waals surface area contributed by atoms with Gasteiger partial charge in [0.25, 0.3) is 0 Å². The van der Waals surface area contributed by atoms with Crippen molar-refractivity contribution in [1.82, 2.24) is 4.98 Å². The highest BCUT2D eigenvalue weighted by molar-refractivity contribution is 6.30. The Morgan fingerprint density at radius 1 is 1.04 bits per heavy atom. The molecule has 0 unspecified atom stereocenters. The number of rotatable bonds is 4. The van der Waals surface area contributed by atoms with Crippen molar-refractivity contribution in [2.24, 2.45) is 5.92 Å². The maximum Gasteiger partial charge on any atom is 0.224 e. The molecule has 1 fully saturated rings. The molecule has 1 saturated carbocycles. The maximum absolute atomic E-state index is 12.2. The number of hydrogen-bond donors (Lipinski definition) is 1. The molecule has 3 rings (SSSR count). The minimum Gasteiger partial charge on any atom is -0.326 e. The van der Waals surface area contributed by atoms with E-state index in [0.29, 0.717) is 23.3 Å². The molecule has 1 N–H and O–H groups in total. The van der Waals surface area contributed by atoms with E-state index in [1.54, 1.807) is 12.1 Å². The van der Waals surface area contributed by atoms with Crippen molar-refractivity contribution in [1.29, 1.82) is 0 Å². The Hall–Kier alpha value is -1.87. The van der Waals surface area contributed by atoms with Gasteiger partial charge in [-0.15, -0.1) is 0 Å². The first-order chi connectivity index (χ1) is 11.2. The van der Waals surface area contributed by atoms with Gasteiger partial charge in [0.15, 0.2) is 0 Å². The fraction of sp³-hybridized carbons (Fsp3) is 0.368. The summed E-state index contributed by atoms with van der Waals surface area (Å²) in [4.78, 5) is 16.2. The van der Waals surface area contributed by atoms with E-state index in [1.165, 1.54) is 5.56 Å². The standard InChI is InChI=1S/C19H21ClN2O/c20-17-5-7-18(8-6-17)22-19(23)13-14-1-3-15(4-2-14)16-9-11-21-12-10-16/h5-12,14-15H,1-4,13H2,(H,22,23)/t14-,15+. The van der Waals surface area contributed by atoms with Crippen LogP contribution >= 0.6 is 11.6 Å². The van der Waals surface area contributed by atoms with Gasteiger partial charge in [-0.05, 0) is 79.5 Å². The van der Waals surface area contributed by atoms with Crippen LogP contribution in [-0.2, 0) is 4.79 Å². The number of carbonyl (C=O) groups is 1. The lowest BCUT2D eigenvalue weighted by Crippen LogP contribution is -2.20. The number of nitrogens with one attached hydrogen (secondary N) is 1. The largest absolute Gasteiger partial charge is 0.326 e. The highest BCUT2D eigenvalue weighted by atomic mass is 35.5. The molecule has 0 aliphatic heterocycles. The van der Waals surface area contributed by atoms with Crippen LogP contribution in [0.25, 0.3) is 0 Å². The summed E-state index contributed by atoms with van der Waals surface area (Å²) in [6.45, 7) is 0. The molecule has 0 bridgehead atoms. The Morgan fingerprint density at radius 3 is 2.35 bits per heavy atom. The molecule has 0 spiro atoms. The van der Waals surface area contributed by atoms with Crippen molar-refractivity contribution < 1.29 is 4.79 Å². The molecule has 1 amide bonds. The summed E-state index contributed by atoms with van der Waals surface area (Å²) in [5.74, 6) is 1.20. The normalized spacial score (nSPS) is 20.9. The molecular weight excluding hydrogens is 308 g/mol. The van der Waals surface area contributed by atoms with E-state index in [0.717, 1.165) is 31.4 Å².